The molecule has 0 fully saturated rings. The Morgan fingerprint density at radius 2 is 1.47 bits per heavy atom. The van der Waals surface area contributed by atoms with E-state index < -0.39 is 28.5 Å². The molecule has 2 amide bonds. The highest BCUT2D eigenvalue weighted by atomic mass is 32.2. The average molecular weight is 442 g/mol. The quantitative estimate of drug-likeness (QED) is 0.658. The van der Waals surface area contributed by atoms with E-state index in [1.165, 1.54) is 12.1 Å². The van der Waals surface area contributed by atoms with Gasteiger partial charge in [0.2, 0.25) is 11.8 Å². The molecule has 0 heterocycles. The topological polar surface area (TPSA) is 92.3 Å². The van der Waals surface area contributed by atoms with Gasteiger partial charge in [0.15, 0.2) is 9.84 Å². The number of sulfone groups is 1. The summed E-state index contributed by atoms with van der Waals surface area (Å²) in [5, 5.41) is 4.48. The molecule has 2 aromatic carbocycles. The Kier molecular flexibility index (Phi) is 7.60. The summed E-state index contributed by atoms with van der Waals surface area (Å²) in [6.45, 7) is -1.38. The van der Waals surface area contributed by atoms with Gasteiger partial charge in [-0.2, -0.15) is 13.2 Å². The largest absolute Gasteiger partial charge is 0.405 e. The van der Waals surface area contributed by atoms with E-state index in [0.717, 1.165) is 11.8 Å². The van der Waals surface area contributed by atoms with Gasteiger partial charge in [-0.15, -0.1) is 0 Å². The number of carbonyl (C=O) groups is 2. The van der Waals surface area contributed by atoms with Crippen LogP contribution in [-0.2, 0) is 32.3 Å². The normalized spacial score (nSPS) is 11.7. The highest BCUT2D eigenvalue weighted by molar-refractivity contribution is 7.90. The fraction of sp³-hybridized carbons (Fsp3) is 0.300. The molecule has 30 heavy (non-hydrogen) atoms. The van der Waals surface area contributed by atoms with Gasteiger partial charge in [-0.05, 0) is 41.8 Å². The van der Waals surface area contributed by atoms with Crippen molar-refractivity contribution < 1.29 is 31.2 Å². The predicted octanol–water partition coefficient (Wildman–Crippen LogP) is 2.88. The predicted molar refractivity (Wildman–Crippen MR) is 106 cm³/mol. The van der Waals surface area contributed by atoms with Crippen LogP contribution >= 0.6 is 0 Å². The van der Waals surface area contributed by atoms with Crippen LogP contribution in [-0.4, -0.2) is 39.2 Å². The lowest BCUT2D eigenvalue weighted by Gasteiger charge is -2.09. The number of rotatable bonds is 8. The highest BCUT2D eigenvalue weighted by Gasteiger charge is 2.27. The van der Waals surface area contributed by atoms with Crippen molar-refractivity contribution in [2.45, 2.75) is 30.3 Å². The van der Waals surface area contributed by atoms with E-state index in [1.807, 2.05) is 0 Å². The van der Waals surface area contributed by atoms with Crippen molar-refractivity contribution in [2.24, 2.45) is 0 Å². The van der Waals surface area contributed by atoms with E-state index >= 15 is 0 Å². The van der Waals surface area contributed by atoms with Crippen LogP contribution in [0.4, 0.5) is 18.9 Å². The van der Waals surface area contributed by atoms with Crippen LogP contribution in [0.5, 0.6) is 0 Å². The lowest BCUT2D eigenvalue weighted by atomic mass is 10.1. The van der Waals surface area contributed by atoms with E-state index in [2.05, 4.69) is 5.32 Å². The second-order valence-corrected chi connectivity index (χ2v) is 8.75. The molecule has 2 N–H and O–H groups in total. The number of nitrogens with one attached hydrogen (secondary N) is 2. The smallest absolute Gasteiger partial charge is 0.347 e. The maximum atomic E-state index is 12.1. The number of hydrogen-bond acceptors (Lipinski definition) is 4. The molecule has 0 saturated heterocycles. The van der Waals surface area contributed by atoms with Gasteiger partial charge in [-0.1, -0.05) is 24.3 Å². The van der Waals surface area contributed by atoms with Gasteiger partial charge in [0.1, 0.15) is 6.54 Å². The van der Waals surface area contributed by atoms with Crippen LogP contribution in [0.1, 0.15) is 17.5 Å². The van der Waals surface area contributed by atoms with E-state index in [1.54, 1.807) is 41.7 Å². The molecule has 2 rings (SSSR count). The molecule has 0 aromatic heterocycles. The maximum Gasteiger partial charge on any atom is 0.405 e. The van der Waals surface area contributed by atoms with Crippen LogP contribution in [0.25, 0.3) is 0 Å². The molecule has 6 nitrogen and oxygen atoms in total. The second-order valence-electron chi connectivity index (χ2n) is 6.73. The Bertz CT molecular complexity index is 986. The summed E-state index contributed by atoms with van der Waals surface area (Å²) in [5.74, 6) is -0.996. The maximum absolute atomic E-state index is 12.1. The number of anilines is 1. The lowest BCUT2D eigenvalue weighted by molar-refractivity contribution is -0.138. The van der Waals surface area contributed by atoms with Crippen LogP contribution < -0.4 is 10.6 Å². The standard InChI is InChI=1S/C20H21F3N2O4S/c1-30(28,29)17-9-4-14(5-10-17)6-11-18(26)25-16-7-2-15(3-8-16)12-19(27)24-13-20(21,22)23/h2-5,7-10H,6,11-13H2,1H3,(H,24,27)(H,25,26). The summed E-state index contributed by atoms with van der Waals surface area (Å²) in [6, 6.07) is 12.5. The molecule has 0 bridgehead atoms. The summed E-state index contributed by atoms with van der Waals surface area (Å²) in [6.07, 6.45) is -2.93. The minimum Gasteiger partial charge on any atom is -0.347 e. The number of aryl methyl sites for hydroxylation is 1. The van der Waals surface area contributed by atoms with Crippen LogP contribution in [0, 0.1) is 0 Å². The van der Waals surface area contributed by atoms with Crippen molar-refractivity contribution in [3.8, 4) is 0 Å². The zero-order valence-corrected chi connectivity index (χ0v) is 16.9. The number of carbonyl (C=O) groups excluding carboxylic acids is 2. The van der Waals surface area contributed by atoms with Gasteiger partial charge in [0.25, 0.3) is 0 Å². The van der Waals surface area contributed by atoms with Gasteiger partial charge >= 0.3 is 6.18 Å². The summed E-state index contributed by atoms with van der Waals surface area (Å²) < 4.78 is 59.1. The zero-order valence-electron chi connectivity index (χ0n) is 16.1. The average Bonchev–Trinajstić information content (AvgIpc) is 2.65. The van der Waals surface area contributed by atoms with E-state index in [-0.39, 0.29) is 23.6 Å². The molecule has 0 saturated carbocycles. The summed E-state index contributed by atoms with van der Waals surface area (Å²) in [4.78, 5) is 23.8. The van der Waals surface area contributed by atoms with Crippen LogP contribution in [0.2, 0.25) is 0 Å². The fourth-order valence-corrected chi connectivity index (χ4v) is 3.17. The first-order valence-electron chi connectivity index (χ1n) is 8.93. The molecule has 0 atom stereocenters. The molecule has 0 unspecified atom stereocenters. The summed E-state index contributed by atoms with van der Waals surface area (Å²) in [7, 11) is -3.27. The fourth-order valence-electron chi connectivity index (χ4n) is 2.54. The van der Waals surface area contributed by atoms with Gasteiger partial charge in [-0.25, -0.2) is 8.42 Å². The van der Waals surface area contributed by atoms with Crippen LogP contribution in [0.3, 0.4) is 0 Å². The van der Waals surface area contributed by atoms with Crippen molar-refractivity contribution in [3.63, 3.8) is 0 Å². The van der Waals surface area contributed by atoms with Crippen molar-refractivity contribution in [1.82, 2.24) is 5.32 Å². The number of halogens is 3. The summed E-state index contributed by atoms with van der Waals surface area (Å²) in [5.41, 5.74) is 1.82. The third kappa shape index (κ3) is 8.24. The third-order valence-electron chi connectivity index (χ3n) is 4.08. The molecule has 0 aliphatic carbocycles. The first-order chi connectivity index (χ1) is 13.9. The number of alkyl halides is 3. The Morgan fingerprint density at radius 3 is 2.00 bits per heavy atom. The SMILES string of the molecule is CS(=O)(=O)c1ccc(CCC(=O)Nc2ccc(CC(=O)NCC(F)(F)F)cc2)cc1. The molecular formula is C20H21F3N2O4S. The first kappa shape index (κ1) is 23.4. The van der Waals surface area contributed by atoms with Gasteiger partial charge in [0, 0.05) is 18.4 Å². The van der Waals surface area contributed by atoms with Gasteiger partial charge in [0.05, 0.1) is 11.3 Å². The van der Waals surface area contributed by atoms with Gasteiger partial charge < -0.3 is 10.6 Å². The molecule has 162 valence electrons. The molecule has 0 aliphatic heterocycles. The lowest BCUT2D eigenvalue weighted by Crippen LogP contribution is -2.34. The van der Waals surface area contributed by atoms with Crippen molar-refractivity contribution >= 4 is 27.3 Å². The Labute approximate surface area is 172 Å². The molecule has 0 spiro atoms. The van der Waals surface area contributed by atoms with E-state index in [4.69, 9.17) is 0 Å². The summed E-state index contributed by atoms with van der Waals surface area (Å²) >= 11 is 0. The number of amides is 2. The third-order valence-corrected chi connectivity index (χ3v) is 5.21. The van der Waals surface area contributed by atoms with Crippen molar-refractivity contribution in [3.05, 3.63) is 59.7 Å². The van der Waals surface area contributed by atoms with Gasteiger partial charge in [-0.3, -0.25) is 9.59 Å². The molecule has 0 radical (unpaired) electrons. The second kappa shape index (κ2) is 9.75. The molecule has 10 heteroatoms. The highest BCUT2D eigenvalue weighted by Crippen LogP contribution is 2.15. The van der Waals surface area contributed by atoms with Crippen molar-refractivity contribution in [1.29, 1.82) is 0 Å². The monoisotopic (exact) mass is 442 g/mol. The van der Waals surface area contributed by atoms with E-state index in [0.29, 0.717) is 17.7 Å². The van der Waals surface area contributed by atoms with Crippen LogP contribution in [0.15, 0.2) is 53.4 Å². The Morgan fingerprint density at radius 1 is 0.900 bits per heavy atom. The zero-order chi connectivity index (χ0) is 22.4. The first-order valence-corrected chi connectivity index (χ1v) is 10.8. The minimum atomic E-state index is -4.46. The molecule has 0 aliphatic rings. The number of hydrogen-bond donors (Lipinski definition) is 2. The molecule has 2 aromatic rings. The van der Waals surface area contributed by atoms with Crippen molar-refractivity contribution in [2.75, 3.05) is 18.1 Å². The number of benzene rings is 2. The Hall–Kier alpha value is -2.88. The molecular weight excluding hydrogens is 421 g/mol. The minimum absolute atomic E-state index is 0.180. The van der Waals surface area contributed by atoms with E-state index in [9.17, 15) is 31.2 Å². The Balaban J connectivity index is 1.81.